The number of rotatable bonds is 8. The van der Waals surface area contributed by atoms with Crippen LogP contribution in [0.5, 0.6) is 11.5 Å². The first-order valence-electron chi connectivity index (χ1n) is 10.4. The van der Waals surface area contributed by atoms with Crippen molar-refractivity contribution in [2.24, 2.45) is 4.99 Å². The van der Waals surface area contributed by atoms with E-state index in [9.17, 15) is 4.39 Å². The molecule has 0 amide bonds. The minimum absolute atomic E-state index is 0.187. The molecule has 3 rings (SSSR count). The van der Waals surface area contributed by atoms with Gasteiger partial charge in [0, 0.05) is 44.5 Å². The third kappa shape index (κ3) is 6.54. The molecule has 0 aliphatic carbocycles. The summed E-state index contributed by atoms with van der Waals surface area (Å²) in [5.41, 5.74) is 0.951. The summed E-state index contributed by atoms with van der Waals surface area (Å²) < 4.78 is 24.4. The molecule has 0 spiro atoms. The van der Waals surface area contributed by atoms with Gasteiger partial charge in [0.2, 0.25) is 0 Å². The van der Waals surface area contributed by atoms with E-state index in [0.29, 0.717) is 12.6 Å². The van der Waals surface area contributed by atoms with Crippen LogP contribution in [0.3, 0.4) is 0 Å². The Bertz CT molecular complexity index is 822. The largest absolute Gasteiger partial charge is 0.497 e. The number of guanidine groups is 1. The fourth-order valence-electron chi connectivity index (χ4n) is 3.50. The molecule has 0 bridgehead atoms. The summed E-state index contributed by atoms with van der Waals surface area (Å²) in [5.74, 6) is 2.22. The average molecular weight is 415 g/mol. The second-order valence-electron chi connectivity index (χ2n) is 7.27. The minimum atomic E-state index is -0.187. The zero-order valence-corrected chi connectivity index (χ0v) is 17.7. The van der Waals surface area contributed by atoms with Gasteiger partial charge in [-0.25, -0.2) is 4.39 Å². The minimum Gasteiger partial charge on any atom is -0.497 e. The lowest BCUT2D eigenvalue weighted by Gasteiger charge is -2.34. The van der Waals surface area contributed by atoms with Crippen LogP contribution in [0.15, 0.2) is 53.5 Å². The van der Waals surface area contributed by atoms with E-state index >= 15 is 0 Å². The maximum absolute atomic E-state index is 13.4. The number of anilines is 1. The van der Waals surface area contributed by atoms with Crippen molar-refractivity contribution in [3.05, 3.63) is 54.3 Å². The lowest BCUT2D eigenvalue weighted by molar-refractivity contribution is 0.308. The Labute approximate surface area is 178 Å². The van der Waals surface area contributed by atoms with Crippen molar-refractivity contribution in [2.45, 2.75) is 25.3 Å². The van der Waals surface area contributed by atoms with Crippen molar-refractivity contribution >= 4 is 11.6 Å². The van der Waals surface area contributed by atoms with Crippen LogP contribution in [0.2, 0.25) is 0 Å². The smallest absolute Gasteiger partial charge is 0.191 e. The molecular formula is C23H31FN4O2. The summed E-state index contributed by atoms with van der Waals surface area (Å²) in [5, 5.41) is 6.84. The van der Waals surface area contributed by atoms with E-state index in [1.165, 1.54) is 6.07 Å². The van der Waals surface area contributed by atoms with E-state index in [0.717, 1.165) is 62.0 Å². The Kier molecular flexibility index (Phi) is 8.18. The van der Waals surface area contributed by atoms with Gasteiger partial charge in [0.15, 0.2) is 5.96 Å². The van der Waals surface area contributed by atoms with Crippen LogP contribution >= 0.6 is 0 Å². The molecule has 30 heavy (non-hydrogen) atoms. The molecule has 1 saturated heterocycles. The standard InChI is InChI=1S/C23H31FN4O2/c1-25-23(26-12-5-15-30-22-9-4-8-21(17-22)29-2)27-19-10-13-28(14-11-19)20-7-3-6-18(24)16-20/h3-4,6-9,16-17,19H,5,10-15H2,1-2H3,(H2,25,26,27). The molecule has 0 radical (unpaired) electrons. The van der Waals surface area contributed by atoms with Crippen LogP contribution in [-0.4, -0.2) is 52.4 Å². The van der Waals surface area contributed by atoms with Gasteiger partial charge in [-0.05, 0) is 49.6 Å². The molecule has 1 aliphatic rings. The Balaban J connectivity index is 1.34. The fraction of sp³-hybridized carbons (Fsp3) is 0.435. The van der Waals surface area contributed by atoms with Crippen LogP contribution in [0.25, 0.3) is 0 Å². The van der Waals surface area contributed by atoms with Gasteiger partial charge < -0.3 is 25.0 Å². The highest BCUT2D eigenvalue weighted by Crippen LogP contribution is 2.21. The van der Waals surface area contributed by atoms with Crippen LogP contribution in [0.1, 0.15) is 19.3 Å². The first-order valence-corrected chi connectivity index (χ1v) is 10.4. The highest BCUT2D eigenvalue weighted by molar-refractivity contribution is 5.79. The third-order valence-electron chi connectivity index (χ3n) is 5.16. The summed E-state index contributed by atoms with van der Waals surface area (Å²) in [7, 11) is 3.43. The monoisotopic (exact) mass is 414 g/mol. The van der Waals surface area contributed by atoms with Crippen LogP contribution < -0.4 is 25.0 Å². The summed E-state index contributed by atoms with van der Waals surface area (Å²) in [6.45, 7) is 3.17. The second kappa shape index (κ2) is 11.3. The topological polar surface area (TPSA) is 58.1 Å². The molecule has 0 unspecified atom stereocenters. The SMILES string of the molecule is CN=C(NCCCOc1cccc(OC)c1)NC1CCN(c2cccc(F)c2)CC1. The number of nitrogens with one attached hydrogen (secondary N) is 2. The molecule has 6 nitrogen and oxygen atoms in total. The molecule has 1 fully saturated rings. The van der Waals surface area contributed by atoms with Crippen LogP contribution in [0.4, 0.5) is 10.1 Å². The van der Waals surface area contributed by atoms with Crippen LogP contribution in [-0.2, 0) is 0 Å². The van der Waals surface area contributed by atoms with Gasteiger partial charge in [-0.15, -0.1) is 0 Å². The van der Waals surface area contributed by atoms with Crippen LogP contribution in [0, 0.1) is 5.82 Å². The summed E-state index contributed by atoms with van der Waals surface area (Å²) in [6, 6.07) is 14.8. The molecule has 0 aromatic heterocycles. The Morgan fingerprint density at radius 3 is 2.63 bits per heavy atom. The molecule has 162 valence electrons. The summed E-state index contributed by atoms with van der Waals surface area (Å²) >= 11 is 0. The van der Waals surface area contributed by atoms with E-state index < -0.39 is 0 Å². The fourth-order valence-corrected chi connectivity index (χ4v) is 3.50. The lowest BCUT2D eigenvalue weighted by Crippen LogP contribution is -2.49. The summed E-state index contributed by atoms with van der Waals surface area (Å²) in [6.07, 6.45) is 2.82. The molecule has 2 N–H and O–H groups in total. The number of aliphatic imine (C=N–C) groups is 1. The number of methoxy groups -OCH3 is 1. The maximum atomic E-state index is 13.4. The first kappa shape index (κ1) is 21.7. The van der Waals surface area contributed by atoms with Gasteiger partial charge in [0.25, 0.3) is 0 Å². The average Bonchev–Trinajstić information content (AvgIpc) is 2.78. The van der Waals surface area contributed by atoms with E-state index in [-0.39, 0.29) is 5.82 Å². The molecular weight excluding hydrogens is 383 g/mol. The molecule has 7 heteroatoms. The zero-order chi connectivity index (χ0) is 21.2. The first-order chi connectivity index (χ1) is 14.7. The van der Waals surface area contributed by atoms with Crippen molar-refractivity contribution in [3.63, 3.8) is 0 Å². The predicted molar refractivity (Wildman–Crippen MR) is 119 cm³/mol. The van der Waals surface area contributed by atoms with Crippen molar-refractivity contribution < 1.29 is 13.9 Å². The van der Waals surface area contributed by atoms with Gasteiger partial charge in [-0.2, -0.15) is 0 Å². The number of piperidine rings is 1. The normalized spacial score (nSPS) is 15.0. The maximum Gasteiger partial charge on any atom is 0.191 e. The van der Waals surface area contributed by atoms with Crippen molar-refractivity contribution in [3.8, 4) is 11.5 Å². The quantitative estimate of drug-likeness (QED) is 0.394. The van der Waals surface area contributed by atoms with Gasteiger partial charge in [-0.3, -0.25) is 4.99 Å². The van der Waals surface area contributed by atoms with Gasteiger partial charge >= 0.3 is 0 Å². The molecule has 1 aliphatic heterocycles. The molecule has 2 aromatic carbocycles. The molecule has 0 saturated carbocycles. The predicted octanol–water partition coefficient (Wildman–Crippen LogP) is 3.44. The number of ether oxygens (including phenoxy) is 2. The van der Waals surface area contributed by atoms with Crippen molar-refractivity contribution in [1.29, 1.82) is 0 Å². The lowest BCUT2D eigenvalue weighted by atomic mass is 10.0. The molecule has 1 heterocycles. The molecule has 0 atom stereocenters. The van der Waals surface area contributed by atoms with E-state index in [4.69, 9.17) is 9.47 Å². The van der Waals surface area contributed by atoms with Gasteiger partial charge in [0.1, 0.15) is 17.3 Å². The Morgan fingerprint density at radius 2 is 1.90 bits per heavy atom. The number of halogens is 1. The molecule has 2 aromatic rings. The van der Waals surface area contributed by atoms with E-state index in [1.807, 2.05) is 30.3 Å². The van der Waals surface area contributed by atoms with E-state index in [1.54, 1.807) is 26.3 Å². The van der Waals surface area contributed by atoms with Crippen molar-refractivity contribution in [2.75, 3.05) is 45.3 Å². The highest BCUT2D eigenvalue weighted by atomic mass is 19.1. The second-order valence-corrected chi connectivity index (χ2v) is 7.27. The Morgan fingerprint density at radius 1 is 1.13 bits per heavy atom. The van der Waals surface area contributed by atoms with Crippen molar-refractivity contribution in [1.82, 2.24) is 10.6 Å². The zero-order valence-electron chi connectivity index (χ0n) is 17.7. The number of nitrogens with zero attached hydrogens (tertiary/aromatic N) is 2. The number of hydrogen-bond donors (Lipinski definition) is 2. The third-order valence-corrected chi connectivity index (χ3v) is 5.16. The number of benzene rings is 2. The van der Waals surface area contributed by atoms with E-state index in [2.05, 4.69) is 20.5 Å². The summed E-state index contributed by atoms with van der Waals surface area (Å²) in [4.78, 5) is 6.55. The van der Waals surface area contributed by atoms with Gasteiger partial charge in [0.05, 0.1) is 13.7 Å². The van der Waals surface area contributed by atoms with Gasteiger partial charge in [-0.1, -0.05) is 12.1 Å². The Hall–Kier alpha value is -2.96. The number of hydrogen-bond acceptors (Lipinski definition) is 4. The highest BCUT2D eigenvalue weighted by Gasteiger charge is 2.20.